The van der Waals surface area contributed by atoms with E-state index in [1.165, 1.54) is 4.31 Å². The topological polar surface area (TPSA) is 73.8 Å². The first-order valence-corrected chi connectivity index (χ1v) is 12.1. The molecule has 2 aliphatic rings. The number of benzene rings is 1. The molecule has 2 aliphatic heterocycles. The summed E-state index contributed by atoms with van der Waals surface area (Å²) in [7, 11) is -1.47. The Balaban J connectivity index is 1.50. The summed E-state index contributed by atoms with van der Waals surface area (Å²) in [6.45, 7) is 2.13. The average Bonchev–Trinajstić information content (AvgIpc) is 2.78. The van der Waals surface area contributed by atoms with E-state index in [1.807, 2.05) is 25.2 Å². The highest BCUT2D eigenvalue weighted by Crippen LogP contribution is 2.26. The molecule has 0 spiro atoms. The van der Waals surface area contributed by atoms with E-state index in [0.29, 0.717) is 24.2 Å². The summed E-state index contributed by atoms with van der Waals surface area (Å²) < 4.78 is 26.3. The van der Waals surface area contributed by atoms with Gasteiger partial charge in [-0.05, 0) is 56.0 Å². The molecule has 3 heterocycles. The number of pyridine rings is 1. The van der Waals surface area contributed by atoms with Crippen molar-refractivity contribution >= 4 is 27.4 Å². The van der Waals surface area contributed by atoms with Crippen LogP contribution >= 0.6 is 0 Å². The van der Waals surface area contributed by atoms with Crippen LogP contribution in [0.3, 0.4) is 0 Å². The van der Waals surface area contributed by atoms with Crippen molar-refractivity contribution in [3.63, 3.8) is 0 Å². The summed E-state index contributed by atoms with van der Waals surface area (Å²) in [6.07, 6.45) is 5.24. The van der Waals surface area contributed by atoms with Gasteiger partial charge >= 0.3 is 0 Å². The SMILES string of the molecule is CN(C(=O)c1cccc(N2CCCCS2(=O)=O)c1)C1CCCN(c2ccccn2)C1. The molecule has 1 amide bonds. The molecule has 0 saturated carbocycles. The minimum absolute atomic E-state index is 0.0793. The fourth-order valence-electron chi connectivity index (χ4n) is 4.26. The highest BCUT2D eigenvalue weighted by Gasteiger charge is 2.29. The highest BCUT2D eigenvalue weighted by molar-refractivity contribution is 7.92. The van der Waals surface area contributed by atoms with E-state index in [0.717, 1.165) is 38.2 Å². The van der Waals surface area contributed by atoms with E-state index in [4.69, 9.17) is 0 Å². The largest absolute Gasteiger partial charge is 0.355 e. The molecule has 0 radical (unpaired) electrons. The van der Waals surface area contributed by atoms with Gasteiger partial charge in [0.15, 0.2) is 0 Å². The van der Waals surface area contributed by atoms with Gasteiger partial charge in [-0.25, -0.2) is 13.4 Å². The van der Waals surface area contributed by atoms with Gasteiger partial charge in [-0.1, -0.05) is 12.1 Å². The van der Waals surface area contributed by atoms with Gasteiger partial charge in [0, 0.05) is 44.5 Å². The third kappa shape index (κ3) is 4.28. The van der Waals surface area contributed by atoms with Crippen LogP contribution in [0.1, 0.15) is 36.0 Å². The summed E-state index contributed by atoms with van der Waals surface area (Å²) in [5.74, 6) is 1.01. The van der Waals surface area contributed by atoms with Gasteiger partial charge < -0.3 is 9.80 Å². The zero-order valence-electron chi connectivity index (χ0n) is 17.3. The Labute approximate surface area is 178 Å². The molecule has 160 valence electrons. The summed E-state index contributed by atoms with van der Waals surface area (Å²) in [6, 6.07) is 12.9. The monoisotopic (exact) mass is 428 g/mol. The second-order valence-corrected chi connectivity index (χ2v) is 10.0. The Bertz CT molecular complexity index is 996. The molecule has 0 aliphatic carbocycles. The van der Waals surface area contributed by atoms with Crippen LogP contribution in [0, 0.1) is 0 Å². The van der Waals surface area contributed by atoms with Crippen LogP contribution in [0.4, 0.5) is 11.5 Å². The first kappa shape index (κ1) is 20.7. The van der Waals surface area contributed by atoms with E-state index in [9.17, 15) is 13.2 Å². The Hall–Kier alpha value is -2.61. The van der Waals surface area contributed by atoms with E-state index >= 15 is 0 Å². The number of sulfonamides is 1. The van der Waals surface area contributed by atoms with Crippen molar-refractivity contribution in [2.24, 2.45) is 0 Å². The molecule has 2 fully saturated rings. The van der Waals surface area contributed by atoms with Crippen molar-refractivity contribution < 1.29 is 13.2 Å². The lowest BCUT2D eigenvalue weighted by molar-refractivity contribution is 0.0717. The molecule has 0 N–H and O–H groups in total. The number of hydrogen-bond donors (Lipinski definition) is 0. The summed E-state index contributed by atoms with van der Waals surface area (Å²) in [5.41, 5.74) is 1.10. The zero-order chi connectivity index (χ0) is 21.1. The minimum Gasteiger partial charge on any atom is -0.355 e. The quantitative estimate of drug-likeness (QED) is 0.749. The number of hydrogen-bond acceptors (Lipinski definition) is 5. The van der Waals surface area contributed by atoms with Crippen LogP contribution in [0.15, 0.2) is 48.7 Å². The highest BCUT2D eigenvalue weighted by atomic mass is 32.2. The van der Waals surface area contributed by atoms with E-state index in [-0.39, 0.29) is 17.7 Å². The van der Waals surface area contributed by atoms with Gasteiger partial charge in [0.1, 0.15) is 5.82 Å². The number of amides is 1. The second kappa shape index (κ2) is 8.63. The standard InChI is InChI=1S/C22H28N4O3S/c1-24(20-10-7-13-25(17-20)21-11-2-3-12-23-21)22(27)18-8-6-9-19(16-18)26-14-4-5-15-30(26,28)29/h2-3,6,8-9,11-12,16,20H,4-5,7,10,13-15,17H2,1H3. The Kier molecular flexibility index (Phi) is 5.94. The van der Waals surface area contributed by atoms with E-state index in [1.54, 1.807) is 35.4 Å². The van der Waals surface area contributed by atoms with Crippen LogP contribution in [0.5, 0.6) is 0 Å². The lowest BCUT2D eigenvalue weighted by atomic mass is 10.0. The van der Waals surface area contributed by atoms with E-state index in [2.05, 4.69) is 9.88 Å². The fourth-order valence-corrected chi connectivity index (χ4v) is 5.89. The maximum Gasteiger partial charge on any atom is 0.253 e. The molecule has 4 rings (SSSR count). The van der Waals surface area contributed by atoms with Crippen molar-refractivity contribution in [3.05, 3.63) is 54.2 Å². The van der Waals surface area contributed by atoms with Gasteiger partial charge in [-0.15, -0.1) is 0 Å². The van der Waals surface area contributed by atoms with Gasteiger partial charge in [-0.2, -0.15) is 0 Å². The summed E-state index contributed by atoms with van der Waals surface area (Å²) in [4.78, 5) is 21.7. The maximum atomic E-state index is 13.2. The number of likely N-dealkylation sites (N-methyl/N-ethyl adjacent to an activating group) is 1. The molecule has 7 nitrogen and oxygen atoms in total. The number of aromatic nitrogens is 1. The van der Waals surface area contributed by atoms with Crippen molar-refractivity contribution in [2.45, 2.75) is 31.7 Å². The molecule has 30 heavy (non-hydrogen) atoms. The van der Waals surface area contributed by atoms with Gasteiger partial charge in [0.25, 0.3) is 5.91 Å². The smallest absolute Gasteiger partial charge is 0.253 e. The predicted octanol–water partition coefficient (Wildman–Crippen LogP) is 2.75. The number of nitrogens with zero attached hydrogens (tertiary/aromatic N) is 4. The Morgan fingerprint density at radius 2 is 1.97 bits per heavy atom. The third-order valence-electron chi connectivity index (χ3n) is 5.97. The lowest BCUT2D eigenvalue weighted by Gasteiger charge is -2.38. The first-order valence-electron chi connectivity index (χ1n) is 10.5. The molecular formula is C22H28N4O3S. The Morgan fingerprint density at radius 3 is 2.73 bits per heavy atom. The predicted molar refractivity (Wildman–Crippen MR) is 118 cm³/mol. The third-order valence-corrected chi connectivity index (χ3v) is 7.84. The number of carbonyl (C=O) groups excluding carboxylic acids is 1. The zero-order valence-corrected chi connectivity index (χ0v) is 18.1. The molecule has 8 heteroatoms. The normalized spacial score (nSPS) is 21.3. The second-order valence-electron chi connectivity index (χ2n) is 7.99. The molecule has 1 atom stereocenters. The molecule has 1 aromatic heterocycles. The van der Waals surface area contributed by atoms with Crippen LogP contribution in [0.2, 0.25) is 0 Å². The van der Waals surface area contributed by atoms with Crippen molar-refractivity contribution in [1.29, 1.82) is 0 Å². The average molecular weight is 429 g/mol. The van der Waals surface area contributed by atoms with Crippen LogP contribution in [0.25, 0.3) is 0 Å². The molecule has 2 aromatic rings. The van der Waals surface area contributed by atoms with Crippen LogP contribution < -0.4 is 9.21 Å². The molecule has 2 saturated heterocycles. The summed E-state index contributed by atoms with van der Waals surface area (Å²) in [5, 5.41) is 0. The number of rotatable bonds is 4. The molecule has 1 unspecified atom stereocenters. The Morgan fingerprint density at radius 1 is 1.10 bits per heavy atom. The number of carbonyl (C=O) groups is 1. The lowest BCUT2D eigenvalue weighted by Crippen LogP contribution is -2.49. The van der Waals surface area contributed by atoms with E-state index < -0.39 is 10.0 Å². The van der Waals surface area contributed by atoms with Crippen molar-refractivity contribution in [1.82, 2.24) is 9.88 Å². The summed E-state index contributed by atoms with van der Waals surface area (Å²) >= 11 is 0. The van der Waals surface area contributed by atoms with Crippen LogP contribution in [-0.2, 0) is 10.0 Å². The fraction of sp³-hybridized carbons (Fsp3) is 0.455. The molecule has 1 aromatic carbocycles. The number of piperidine rings is 1. The molecule has 0 bridgehead atoms. The van der Waals surface area contributed by atoms with Gasteiger partial charge in [0.05, 0.1) is 11.4 Å². The van der Waals surface area contributed by atoms with Crippen molar-refractivity contribution in [3.8, 4) is 0 Å². The number of anilines is 2. The maximum absolute atomic E-state index is 13.2. The van der Waals surface area contributed by atoms with Crippen molar-refractivity contribution in [2.75, 3.05) is 41.6 Å². The van der Waals surface area contributed by atoms with Gasteiger partial charge in [0.2, 0.25) is 10.0 Å². The minimum atomic E-state index is -3.30. The van der Waals surface area contributed by atoms with Crippen LogP contribution in [-0.4, -0.2) is 62.7 Å². The first-order chi connectivity index (χ1) is 14.5. The molecular weight excluding hydrogens is 400 g/mol. The van der Waals surface area contributed by atoms with Gasteiger partial charge in [-0.3, -0.25) is 9.10 Å².